The van der Waals surface area contributed by atoms with Crippen LogP contribution in [0.4, 0.5) is 11.4 Å². The molecule has 0 saturated heterocycles. The molecule has 3 N–H and O–H groups in total. The van der Waals surface area contributed by atoms with Crippen molar-refractivity contribution < 1.29 is 0 Å². The topological polar surface area (TPSA) is 61.8 Å². The first-order chi connectivity index (χ1) is 9.26. The van der Waals surface area contributed by atoms with E-state index in [0.29, 0.717) is 17.5 Å². The maximum Gasteiger partial charge on any atom is 0.0992 e. The van der Waals surface area contributed by atoms with Crippen LogP contribution in [-0.4, -0.2) is 6.04 Å². The third kappa shape index (κ3) is 3.11. The van der Waals surface area contributed by atoms with Crippen LogP contribution in [0.2, 0.25) is 0 Å². The van der Waals surface area contributed by atoms with Gasteiger partial charge in [0.2, 0.25) is 0 Å². The largest absolute Gasteiger partial charge is 0.355 e. The van der Waals surface area contributed by atoms with E-state index in [9.17, 15) is 0 Å². The minimum absolute atomic E-state index is 0. The predicted octanol–water partition coefficient (Wildman–Crippen LogP) is 3.54. The van der Waals surface area contributed by atoms with Crippen LogP contribution in [0.1, 0.15) is 23.5 Å². The van der Waals surface area contributed by atoms with Gasteiger partial charge in [-0.25, -0.2) is 0 Å². The van der Waals surface area contributed by atoms with Crippen LogP contribution in [-0.2, 0) is 0 Å². The standard InChI is InChI=1S/C16H15N3.ClH/c17-10-11-2-1-3-14(8-11)19-13-6-4-12(5-7-13)15-9-16(15)18;/h1-8,15-16,19H,9,18H2;1H/t15-,16+;/m0./s1. The molecule has 102 valence electrons. The zero-order valence-corrected chi connectivity index (χ0v) is 11.7. The monoisotopic (exact) mass is 285 g/mol. The summed E-state index contributed by atoms with van der Waals surface area (Å²) in [6.45, 7) is 0. The van der Waals surface area contributed by atoms with Gasteiger partial charge in [0.1, 0.15) is 0 Å². The lowest BCUT2D eigenvalue weighted by Gasteiger charge is -2.07. The number of anilines is 2. The molecule has 2 aromatic rings. The SMILES string of the molecule is Cl.N#Cc1cccc(Nc2ccc([C@@H]3C[C@H]3N)cc2)c1. The van der Waals surface area contributed by atoms with Crippen molar-refractivity contribution in [2.75, 3.05) is 5.32 Å². The summed E-state index contributed by atoms with van der Waals surface area (Å²) in [6.07, 6.45) is 1.09. The van der Waals surface area contributed by atoms with Gasteiger partial charge in [0.15, 0.2) is 0 Å². The van der Waals surface area contributed by atoms with E-state index in [1.165, 1.54) is 5.56 Å². The molecule has 2 aromatic carbocycles. The number of rotatable bonds is 3. The molecular formula is C16H16ClN3. The highest BCUT2D eigenvalue weighted by Gasteiger charge is 2.34. The molecule has 1 saturated carbocycles. The normalized spacial score (nSPS) is 19.6. The second-order valence-corrected chi connectivity index (χ2v) is 4.95. The van der Waals surface area contributed by atoms with Gasteiger partial charge in [0.25, 0.3) is 0 Å². The van der Waals surface area contributed by atoms with Crippen LogP contribution in [0.5, 0.6) is 0 Å². The first kappa shape index (κ1) is 14.4. The number of hydrogen-bond acceptors (Lipinski definition) is 3. The van der Waals surface area contributed by atoms with Gasteiger partial charge in [-0.15, -0.1) is 12.4 Å². The number of nitrogens with two attached hydrogens (primary N) is 1. The van der Waals surface area contributed by atoms with Crippen molar-refractivity contribution in [3.05, 3.63) is 59.7 Å². The second-order valence-electron chi connectivity index (χ2n) is 4.95. The van der Waals surface area contributed by atoms with Crippen molar-refractivity contribution in [1.29, 1.82) is 5.26 Å². The number of hydrogen-bond donors (Lipinski definition) is 2. The van der Waals surface area contributed by atoms with Crippen molar-refractivity contribution >= 4 is 23.8 Å². The Morgan fingerprint density at radius 3 is 2.40 bits per heavy atom. The number of benzene rings is 2. The second kappa shape index (κ2) is 5.96. The maximum atomic E-state index is 8.87. The quantitative estimate of drug-likeness (QED) is 0.907. The van der Waals surface area contributed by atoms with Gasteiger partial charge >= 0.3 is 0 Å². The Hall–Kier alpha value is -2.02. The minimum Gasteiger partial charge on any atom is -0.355 e. The summed E-state index contributed by atoms with van der Waals surface area (Å²) in [5.74, 6) is 0.538. The van der Waals surface area contributed by atoms with E-state index in [2.05, 4.69) is 35.7 Å². The predicted molar refractivity (Wildman–Crippen MR) is 83.5 cm³/mol. The van der Waals surface area contributed by atoms with Gasteiger partial charge in [0.05, 0.1) is 11.6 Å². The summed E-state index contributed by atoms with van der Waals surface area (Å²) in [5, 5.41) is 12.2. The van der Waals surface area contributed by atoms with Crippen LogP contribution in [0.25, 0.3) is 0 Å². The van der Waals surface area contributed by atoms with Crippen molar-refractivity contribution in [1.82, 2.24) is 0 Å². The van der Waals surface area contributed by atoms with Gasteiger partial charge in [-0.2, -0.15) is 5.26 Å². The van der Waals surface area contributed by atoms with E-state index in [1.807, 2.05) is 18.2 Å². The minimum atomic E-state index is 0. The molecule has 0 amide bonds. The Labute approximate surface area is 124 Å². The molecule has 4 heteroatoms. The highest BCUT2D eigenvalue weighted by atomic mass is 35.5. The molecule has 0 heterocycles. The molecule has 0 bridgehead atoms. The zero-order chi connectivity index (χ0) is 13.2. The number of halogens is 1. The highest BCUT2D eigenvalue weighted by Crippen LogP contribution is 2.39. The number of nitriles is 1. The summed E-state index contributed by atoms with van der Waals surface area (Å²) in [6, 6.07) is 18.3. The summed E-state index contributed by atoms with van der Waals surface area (Å²) in [7, 11) is 0. The van der Waals surface area contributed by atoms with E-state index in [-0.39, 0.29) is 12.4 Å². The molecule has 20 heavy (non-hydrogen) atoms. The van der Waals surface area contributed by atoms with E-state index in [0.717, 1.165) is 17.8 Å². The lowest BCUT2D eigenvalue weighted by molar-refractivity contribution is 0.991. The van der Waals surface area contributed by atoms with E-state index in [4.69, 9.17) is 11.0 Å². The fourth-order valence-electron chi connectivity index (χ4n) is 2.24. The lowest BCUT2D eigenvalue weighted by atomic mass is 10.1. The number of nitrogens with zero attached hydrogens (tertiary/aromatic N) is 1. The third-order valence-electron chi connectivity index (χ3n) is 3.46. The van der Waals surface area contributed by atoms with Crippen LogP contribution < -0.4 is 11.1 Å². The Kier molecular flexibility index (Phi) is 4.29. The van der Waals surface area contributed by atoms with Crippen LogP contribution in [0.15, 0.2) is 48.5 Å². The first-order valence-electron chi connectivity index (χ1n) is 6.39. The molecule has 0 aromatic heterocycles. The van der Waals surface area contributed by atoms with Crippen molar-refractivity contribution in [3.63, 3.8) is 0 Å². The molecule has 0 aliphatic heterocycles. The van der Waals surface area contributed by atoms with Gasteiger partial charge in [-0.3, -0.25) is 0 Å². The van der Waals surface area contributed by atoms with Gasteiger partial charge in [0, 0.05) is 23.3 Å². The molecule has 2 atom stereocenters. The molecule has 3 nitrogen and oxygen atoms in total. The smallest absolute Gasteiger partial charge is 0.0992 e. The number of nitrogens with one attached hydrogen (secondary N) is 1. The summed E-state index contributed by atoms with van der Waals surface area (Å²) >= 11 is 0. The summed E-state index contributed by atoms with van der Waals surface area (Å²) in [5.41, 5.74) is 9.76. The highest BCUT2D eigenvalue weighted by molar-refractivity contribution is 5.85. The van der Waals surface area contributed by atoms with Crippen LogP contribution in [0, 0.1) is 11.3 Å². The summed E-state index contributed by atoms with van der Waals surface area (Å²) in [4.78, 5) is 0. The van der Waals surface area contributed by atoms with Crippen LogP contribution >= 0.6 is 12.4 Å². The van der Waals surface area contributed by atoms with Gasteiger partial charge in [-0.05, 0) is 42.3 Å². The van der Waals surface area contributed by atoms with Gasteiger partial charge < -0.3 is 11.1 Å². The molecule has 0 radical (unpaired) electrons. The van der Waals surface area contributed by atoms with E-state index < -0.39 is 0 Å². The molecule has 0 spiro atoms. The van der Waals surface area contributed by atoms with Crippen molar-refractivity contribution in [2.24, 2.45) is 5.73 Å². The van der Waals surface area contributed by atoms with Crippen molar-refractivity contribution in [2.45, 2.75) is 18.4 Å². The fourth-order valence-corrected chi connectivity index (χ4v) is 2.24. The summed E-state index contributed by atoms with van der Waals surface area (Å²) < 4.78 is 0. The Morgan fingerprint density at radius 2 is 1.80 bits per heavy atom. The zero-order valence-electron chi connectivity index (χ0n) is 10.9. The van der Waals surface area contributed by atoms with E-state index >= 15 is 0 Å². The van der Waals surface area contributed by atoms with E-state index in [1.54, 1.807) is 6.07 Å². The first-order valence-corrected chi connectivity index (χ1v) is 6.39. The average Bonchev–Trinajstić information content (AvgIpc) is 3.17. The lowest BCUT2D eigenvalue weighted by Crippen LogP contribution is -2.00. The molecule has 1 aliphatic carbocycles. The molecule has 1 aliphatic rings. The van der Waals surface area contributed by atoms with Crippen molar-refractivity contribution in [3.8, 4) is 6.07 Å². The Balaban J connectivity index is 0.00000147. The molecule has 1 fully saturated rings. The Morgan fingerprint density at radius 1 is 1.10 bits per heavy atom. The fraction of sp³-hybridized carbons (Fsp3) is 0.188. The third-order valence-corrected chi connectivity index (χ3v) is 3.46. The molecule has 0 unspecified atom stereocenters. The molecule has 3 rings (SSSR count). The average molecular weight is 286 g/mol. The van der Waals surface area contributed by atoms with Crippen LogP contribution in [0.3, 0.4) is 0 Å². The van der Waals surface area contributed by atoms with Gasteiger partial charge in [-0.1, -0.05) is 18.2 Å². The maximum absolute atomic E-state index is 8.87. The molecular weight excluding hydrogens is 270 g/mol. The Bertz CT molecular complexity index is 631.